The van der Waals surface area contributed by atoms with E-state index in [0.29, 0.717) is 48.5 Å². The molecule has 1 saturated carbocycles. The topological polar surface area (TPSA) is 70.2 Å². The summed E-state index contributed by atoms with van der Waals surface area (Å²) in [6.45, 7) is 2.34. The normalized spacial score (nSPS) is 17.0. The molecule has 0 unspecified atom stereocenters. The van der Waals surface area contributed by atoms with Gasteiger partial charge in [0.2, 0.25) is 0 Å². The summed E-state index contributed by atoms with van der Waals surface area (Å²) < 4.78 is 34.4. The van der Waals surface area contributed by atoms with Gasteiger partial charge in [-0.1, -0.05) is 6.07 Å². The number of halogens is 2. The maximum Gasteiger partial charge on any atom is 0.272 e. The van der Waals surface area contributed by atoms with Crippen molar-refractivity contribution in [3.8, 4) is 11.1 Å². The third-order valence-corrected chi connectivity index (χ3v) is 5.39. The van der Waals surface area contributed by atoms with Gasteiger partial charge in [-0.15, -0.1) is 0 Å². The Kier molecular flexibility index (Phi) is 4.43. The van der Waals surface area contributed by atoms with Crippen molar-refractivity contribution in [2.45, 2.75) is 18.9 Å². The molecule has 2 aliphatic rings. The number of benzene rings is 2. The maximum atomic E-state index is 14.7. The van der Waals surface area contributed by atoms with E-state index in [2.05, 4.69) is 15.5 Å². The zero-order valence-corrected chi connectivity index (χ0v) is 15.7. The summed E-state index contributed by atoms with van der Waals surface area (Å²) in [5.74, 6) is -2.07. The minimum absolute atomic E-state index is 0.156. The molecule has 0 radical (unpaired) electrons. The van der Waals surface area contributed by atoms with Crippen molar-refractivity contribution < 1.29 is 18.3 Å². The molecule has 5 rings (SSSR count). The second-order valence-corrected chi connectivity index (χ2v) is 7.47. The van der Waals surface area contributed by atoms with E-state index in [9.17, 15) is 13.6 Å². The fraction of sp³-hybridized carbons (Fsp3) is 0.333. The lowest BCUT2D eigenvalue weighted by atomic mass is 10.0. The Morgan fingerprint density at radius 3 is 2.72 bits per heavy atom. The van der Waals surface area contributed by atoms with E-state index in [4.69, 9.17) is 4.74 Å². The van der Waals surface area contributed by atoms with Crippen LogP contribution in [-0.4, -0.2) is 48.4 Å². The summed E-state index contributed by atoms with van der Waals surface area (Å²) in [7, 11) is 0. The molecular weight excluding hydrogens is 378 g/mol. The molecule has 8 heteroatoms. The van der Waals surface area contributed by atoms with Crippen LogP contribution in [0.1, 0.15) is 23.3 Å². The number of carbonyl (C=O) groups is 1. The number of amides is 1. The molecule has 3 aromatic rings. The zero-order valence-electron chi connectivity index (χ0n) is 15.7. The van der Waals surface area contributed by atoms with Crippen LogP contribution < -0.4 is 10.2 Å². The minimum atomic E-state index is -0.908. The van der Waals surface area contributed by atoms with Crippen molar-refractivity contribution in [1.82, 2.24) is 15.5 Å². The predicted octanol–water partition coefficient (Wildman–Crippen LogP) is 3.24. The fourth-order valence-corrected chi connectivity index (χ4v) is 3.63. The van der Waals surface area contributed by atoms with E-state index in [-0.39, 0.29) is 23.2 Å². The number of morpholine rings is 1. The first-order valence-electron chi connectivity index (χ1n) is 9.71. The van der Waals surface area contributed by atoms with Crippen LogP contribution in [-0.2, 0) is 4.74 Å². The number of nitrogens with zero attached hydrogens (tertiary/aromatic N) is 2. The van der Waals surface area contributed by atoms with Gasteiger partial charge in [-0.3, -0.25) is 9.89 Å². The third-order valence-electron chi connectivity index (χ3n) is 5.39. The summed E-state index contributed by atoms with van der Waals surface area (Å²) in [5, 5.41) is 10.4. The number of hydrogen-bond acceptors (Lipinski definition) is 4. The Labute approximate surface area is 165 Å². The van der Waals surface area contributed by atoms with Crippen LogP contribution in [0, 0.1) is 11.6 Å². The van der Waals surface area contributed by atoms with Crippen molar-refractivity contribution in [2.75, 3.05) is 31.2 Å². The first-order valence-corrected chi connectivity index (χ1v) is 9.71. The molecular formula is C21H20F2N4O2. The van der Waals surface area contributed by atoms with Gasteiger partial charge < -0.3 is 15.0 Å². The average Bonchev–Trinajstić information content (AvgIpc) is 3.45. The van der Waals surface area contributed by atoms with Gasteiger partial charge >= 0.3 is 0 Å². The number of aromatic amines is 1. The Morgan fingerprint density at radius 2 is 1.97 bits per heavy atom. The van der Waals surface area contributed by atoms with E-state index in [1.807, 2.05) is 4.90 Å². The van der Waals surface area contributed by atoms with E-state index in [1.165, 1.54) is 6.07 Å². The van der Waals surface area contributed by atoms with Crippen LogP contribution in [0.15, 0.2) is 30.3 Å². The molecule has 1 saturated heterocycles. The summed E-state index contributed by atoms with van der Waals surface area (Å²) in [6.07, 6.45) is 1.94. The molecule has 0 spiro atoms. The standard InChI is InChI=1S/C21H20F2N4O2/c22-17-11-14(27-5-7-29-8-6-27)10-15(19(17)23)12-1-4-18-16(9-12)20(26-25-18)21(28)24-13-2-3-13/h1,4,9-11,13H,2-3,5-8H2,(H,24,28)(H,25,26). The van der Waals surface area contributed by atoms with Crippen molar-refractivity contribution in [1.29, 1.82) is 0 Å². The SMILES string of the molecule is O=C(NC1CC1)c1n[nH]c2ccc(-c3cc(N4CCOCC4)cc(F)c3F)cc12. The van der Waals surface area contributed by atoms with Crippen LogP contribution in [0.5, 0.6) is 0 Å². The number of fused-ring (bicyclic) bond motifs is 1. The predicted molar refractivity (Wildman–Crippen MR) is 105 cm³/mol. The molecule has 6 nitrogen and oxygen atoms in total. The van der Waals surface area contributed by atoms with Gasteiger partial charge in [-0.25, -0.2) is 8.78 Å². The molecule has 2 aromatic carbocycles. The van der Waals surface area contributed by atoms with Crippen LogP contribution >= 0.6 is 0 Å². The Hall–Kier alpha value is -3.00. The number of anilines is 1. The van der Waals surface area contributed by atoms with Gasteiger partial charge in [0.15, 0.2) is 17.3 Å². The number of nitrogens with one attached hydrogen (secondary N) is 2. The maximum absolute atomic E-state index is 14.7. The summed E-state index contributed by atoms with van der Waals surface area (Å²) in [4.78, 5) is 14.4. The van der Waals surface area contributed by atoms with E-state index in [0.717, 1.165) is 12.8 Å². The van der Waals surface area contributed by atoms with Crippen molar-refractivity contribution in [2.24, 2.45) is 0 Å². The fourth-order valence-electron chi connectivity index (χ4n) is 3.63. The molecule has 1 amide bonds. The first kappa shape index (κ1) is 18.1. The highest BCUT2D eigenvalue weighted by Crippen LogP contribution is 2.32. The number of aromatic nitrogens is 2. The molecule has 150 valence electrons. The first-order chi connectivity index (χ1) is 14.1. The Morgan fingerprint density at radius 1 is 1.17 bits per heavy atom. The van der Waals surface area contributed by atoms with E-state index in [1.54, 1.807) is 24.3 Å². The highest BCUT2D eigenvalue weighted by molar-refractivity contribution is 6.05. The lowest BCUT2D eigenvalue weighted by Crippen LogP contribution is -2.36. The lowest BCUT2D eigenvalue weighted by Gasteiger charge is -2.29. The smallest absolute Gasteiger partial charge is 0.272 e. The van der Waals surface area contributed by atoms with Crippen LogP contribution in [0.2, 0.25) is 0 Å². The molecule has 0 atom stereocenters. The molecule has 2 heterocycles. The van der Waals surface area contributed by atoms with Crippen molar-refractivity contribution in [3.63, 3.8) is 0 Å². The van der Waals surface area contributed by atoms with Gasteiger partial charge in [0.25, 0.3) is 5.91 Å². The quantitative estimate of drug-likeness (QED) is 0.708. The van der Waals surface area contributed by atoms with E-state index >= 15 is 0 Å². The summed E-state index contributed by atoms with van der Waals surface area (Å²) in [5.41, 5.74) is 2.19. The van der Waals surface area contributed by atoms with Gasteiger partial charge in [-0.2, -0.15) is 5.10 Å². The summed E-state index contributed by atoms with van der Waals surface area (Å²) >= 11 is 0. The average molecular weight is 398 g/mol. The van der Waals surface area contributed by atoms with Crippen molar-refractivity contribution in [3.05, 3.63) is 47.7 Å². The second kappa shape index (κ2) is 7.11. The number of ether oxygens (including phenoxy) is 1. The van der Waals surface area contributed by atoms with Gasteiger partial charge in [-0.05, 0) is 36.6 Å². The summed E-state index contributed by atoms with van der Waals surface area (Å²) in [6, 6.07) is 8.18. The highest BCUT2D eigenvalue weighted by Gasteiger charge is 2.26. The molecule has 2 N–H and O–H groups in total. The van der Waals surface area contributed by atoms with Crippen LogP contribution in [0.3, 0.4) is 0 Å². The third kappa shape index (κ3) is 3.44. The largest absolute Gasteiger partial charge is 0.378 e. The second-order valence-electron chi connectivity index (χ2n) is 7.47. The van der Waals surface area contributed by atoms with Crippen molar-refractivity contribution >= 4 is 22.5 Å². The number of H-pyrrole nitrogens is 1. The highest BCUT2D eigenvalue weighted by atomic mass is 19.2. The van der Waals surface area contributed by atoms with Crippen LogP contribution in [0.4, 0.5) is 14.5 Å². The minimum Gasteiger partial charge on any atom is -0.378 e. The van der Waals surface area contributed by atoms with Gasteiger partial charge in [0, 0.05) is 41.8 Å². The molecule has 29 heavy (non-hydrogen) atoms. The molecule has 1 aliphatic carbocycles. The number of carbonyl (C=O) groups excluding carboxylic acids is 1. The van der Waals surface area contributed by atoms with E-state index < -0.39 is 11.6 Å². The monoisotopic (exact) mass is 398 g/mol. The lowest BCUT2D eigenvalue weighted by molar-refractivity contribution is 0.0947. The van der Waals surface area contributed by atoms with Crippen LogP contribution in [0.25, 0.3) is 22.0 Å². The zero-order chi connectivity index (χ0) is 20.0. The van der Waals surface area contributed by atoms with Gasteiger partial charge in [0.1, 0.15) is 0 Å². The number of hydrogen-bond donors (Lipinski definition) is 2. The number of rotatable bonds is 4. The van der Waals surface area contributed by atoms with Gasteiger partial charge in [0.05, 0.1) is 18.7 Å². The molecule has 2 fully saturated rings. The Bertz CT molecular complexity index is 1090. The molecule has 1 aromatic heterocycles. The Balaban J connectivity index is 1.55. The molecule has 1 aliphatic heterocycles. The molecule has 0 bridgehead atoms.